The number of halogens is 3. The molecule has 0 aliphatic rings. The summed E-state index contributed by atoms with van der Waals surface area (Å²) in [5, 5.41) is 2.79. The van der Waals surface area contributed by atoms with Gasteiger partial charge in [-0.3, -0.25) is 9.78 Å². The number of amides is 1. The third-order valence-electron chi connectivity index (χ3n) is 3.97. The van der Waals surface area contributed by atoms with Crippen LogP contribution in [0.1, 0.15) is 29.1 Å². The van der Waals surface area contributed by atoms with Crippen LogP contribution in [0.25, 0.3) is 11.1 Å². The van der Waals surface area contributed by atoms with Crippen molar-refractivity contribution >= 4 is 5.91 Å². The van der Waals surface area contributed by atoms with Crippen LogP contribution >= 0.6 is 0 Å². The molecule has 2 heterocycles. The van der Waals surface area contributed by atoms with E-state index in [2.05, 4.69) is 25.0 Å². The fourth-order valence-corrected chi connectivity index (χ4v) is 2.58. The van der Waals surface area contributed by atoms with E-state index in [4.69, 9.17) is 0 Å². The van der Waals surface area contributed by atoms with Gasteiger partial charge in [0.2, 0.25) is 0 Å². The summed E-state index contributed by atoms with van der Waals surface area (Å²) in [6.07, 6.45) is -0.387. The average molecular weight is 402 g/mol. The zero-order chi connectivity index (χ0) is 20.9. The fourth-order valence-electron chi connectivity index (χ4n) is 2.58. The summed E-state index contributed by atoms with van der Waals surface area (Å²) < 4.78 is 41.2. The van der Waals surface area contributed by atoms with Crippen LogP contribution in [-0.2, 0) is 0 Å². The molecule has 0 fully saturated rings. The first-order chi connectivity index (χ1) is 13.8. The first kappa shape index (κ1) is 20.2. The van der Waals surface area contributed by atoms with Crippen molar-refractivity contribution in [2.24, 2.45) is 0 Å². The average Bonchev–Trinajstić information content (AvgIpc) is 2.72. The van der Waals surface area contributed by atoms with Crippen LogP contribution in [0.5, 0.6) is 5.75 Å². The number of carbonyl (C=O) groups is 1. The molecule has 3 rings (SSSR count). The van der Waals surface area contributed by atoms with Gasteiger partial charge in [0, 0.05) is 11.8 Å². The lowest BCUT2D eigenvalue weighted by atomic mass is 10.1. The summed E-state index contributed by atoms with van der Waals surface area (Å²) >= 11 is 0. The molecule has 1 amide bonds. The van der Waals surface area contributed by atoms with Gasteiger partial charge >= 0.3 is 6.18 Å². The van der Waals surface area contributed by atoms with Gasteiger partial charge in [0.1, 0.15) is 17.8 Å². The molecule has 9 heteroatoms. The maximum absolute atomic E-state index is 12.7. The van der Waals surface area contributed by atoms with Crippen molar-refractivity contribution in [3.05, 3.63) is 72.6 Å². The van der Waals surface area contributed by atoms with Gasteiger partial charge < -0.3 is 10.1 Å². The smallest absolute Gasteiger partial charge is 0.422 e. The number of benzene rings is 1. The van der Waals surface area contributed by atoms with E-state index in [1.165, 1.54) is 24.7 Å². The van der Waals surface area contributed by atoms with E-state index >= 15 is 0 Å². The summed E-state index contributed by atoms with van der Waals surface area (Å²) in [5.74, 6) is -0.426. The summed E-state index contributed by atoms with van der Waals surface area (Å²) in [4.78, 5) is 24.9. The highest BCUT2D eigenvalue weighted by atomic mass is 19.4. The normalized spacial score (nSPS) is 12.3. The minimum atomic E-state index is -4.42. The monoisotopic (exact) mass is 402 g/mol. The predicted octanol–water partition coefficient (Wildman–Crippen LogP) is 3.97. The Morgan fingerprint density at radius 1 is 1.10 bits per heavy atom. The molecule has 1 N–H and O–H groups in total. The summed E-state index contributed by atoms with van der Waals surface area (Å²) in [6.45, 7) is 0.316. The minimum absolute atomic E-state index is 0.00762. The molecular formula is C20H17F3N4O2. The molecule has 150 valence electrons. The molecule has 0 radical (unpaired) electrons. The molecule has 0 aliphatic carbocycles. The second-order valence-corrected chi connectivity index (χ2v) is 6.17. The van der Waals surface area contributed by atoms with Crippen LogP contribution in [0.2, 0.25) is 0 Å². The highest BCUT2D eigenvalue weighted by Gasteiger charge is 2.28. The number of alkyl halides is 3. The van der Waals surface area contributed by atoms with Gasteiger partial charge in [-0.05, 0) is 24.6 Å². The standard InChI is InChI=1S/C20H17F3N4O2/c1-13(17-8-7-15(9-25-17)29-11-20(21,22)23)27-19(28)18-16(10-24-12-26-18)14-5-3-2-4-6-14/h2-10,12-13H,11H2,1H3,(H,27,28). The number of ether oxygens (including phenoxy) is 1. The van der Waals surface area contributed by atoms with Gasteiger partial charge in [-0.15, -0.1) is 0 Å². The van der Waals surface area contributed by atoms with Crippen LogP contribution < -0.4 is 10.1 Å². The molecule has 1 unspecified atom stereocenters. The Hall–Kier alpha value is -3.49. The number of rotatable bonds is 6. The number of pyridine rings is 1. The van der Waals surface area contributed by atoms with Crippen LogP contribution in [0.15, 0.2) is 61.2 Å². The topological polar surface area (TPSA) is 77.0 Å². The summed E-state index contributed by atoms with van der Waals surface area (Å²) in [7, 11) is 0. The lowest BCUT2D eigenvalue weighted by molar-refractivity contribution is -0.153. The van der Waals surface area contributed by atoms with Crippen molar-refractivity contribution in [1.82, 2.24) is 20.3 Å². The third kappa shape index (κ3) is 5.50. The summed E-state index contributed by atoms with van der Waals surface area (Å²) in [6, 6.07) is 11.6. The van der Waals surface area contributed by atoms with E-state index in [-0.39, 0.29) is 11.4 Å². The molecule has 0 bridgehead atoms. The molecular weight excluding hydrogens is 385 g/mol. The van der Waals surface area contributed by atoms with E-state index < -0.39 is 24.7 Å². The zero-order valence-electron chi connectivity index (χ0n) is 15.3. The SMILES string of the molecule is CC(NC(=O)c1ncncc1-c1ccccc1)c1ccc(OCC(F)(F)F)cn1. The molecule has 0 saturated carbocycles. The molecule has 2 aromatic heterocycles. The van der Waals surface area contributed by atoms with Crippen molar-refractivity contribution in [3.63, 3.8) is 0 Å². The van der Waals surface area contributed by atoms with Crippen LogP contribution in [0.3, 0.4) is 0 Å². The minimum Gasteiger partial charge on any atom is -0.483 e. The number of carbonyl (C=O) groups excluding carboxylic acids is 1. The molecule has 1 atom stereocenters. The van der Waals surface area contributed by atoms with E-state index in [1.54, 1.807) is 13.1 Å². The maximum Gasteiger partial charge on any atom is 0.422 e. The Kier molecular flexibility index (Phi) is 6.06. The zero-order valence-corrected chi connectivity index (χ0v) is 15.3. The third-order valence-corrected chi connectivity index (χ3v) is 3.97. The molecule has 29 heavy (non-hydrogen) atoms. The van der Waals surface area contributed by atoms with Gasteiger partial charge in [-0.25, -0.2) is 9.97 Å². The van der Waals surface area contributed by atoms with Gasteiger partial charge in [0.05, 0.1) is 17.9 Å². The number of hydrogen-bond donors (Lipinski definition) is 1. The molecule has 0 saturated heterocycles. The Labute approximate surface area is 164 Å². The van der Waals surface area contributed by atoms with Crippen LogP contribution in [0, 0.1) is 0 Å². The Bertz CT molecular complexity index is 963. The molecule has 3 aromatic rings. The van der Waals surface area contributed by atoms with E-state index in [0.29, 0.717) is 11.3 Å². The molecule has 6 nitrogen and oxygen atoms in total. The van der Waals surface area contributed by atoms with E-state index in [1.807, 2.05) is 30.3 Å². The highest BCUT2D eigenvalue weighted by Crippen LogP contribution is 2.22. The quantitative estimate of drug-likeness (QED) is 0.675. The Balaban J connectivity index is 1.70. The molecule has 1 aromatic carbocycles. The summed E-state index contributed by atoms with van der Waals surface area (Å²) in [5.41, 5.74) is 2.06. The van der Waals surface area contributed by atoms with Crippen molar-refractivity contribution in [2.75, 3.05) is 6.61 Å². The van der Waals surface area contributed by atoms with Crippen LogP contribution in [0.4, 0.5) is 13.2 Å². The van der Waals surface area contributed by atoms with Crippen LogP contribution in [-0.4, -0.2) is 33.6 Å². The highest BCUT2D eigenvalue weighted by molar-refractivity contribution is 5.98. The number of hydrogen-bond acceptors (Lipinski definition) is 5. The van der Waals surface area contributed by atoms with Crippen molar-refractivity contribution in [2.45, 2.75) is 19.1 Å². The number of nitrogens with zero attached hydrogens (tertiary/aromatic N) is 3. The number of nitrogens with one attached hydrogen (secondary N) is 1. The van der Waals surface area contributed by atoms with Gasteiger partial charge in [-0.1, -0.05) is 30.3 Å². The lowest BCUT2D eigenvalue weighted by Gasteiger charge is -2.15. The molecule has 0 spiro atoms. The van der Waals surface area contributed by atoms with Crippen molar-refractivity contribution in [1.29, 1.82) is 0 Å². The second kappa shape index (κ2) is 8.68. The van der Waals surface area contributed by atoms with Gasteiger partial charge in [-0.2, -0.15) is 13.2 Å². The predicted molar refractivity (Wildman–Crippen MR) is 99.1 cm³/mol. The fraction of sp³-hybridized carbons (Fsp3) is 0.200. The second-order valence-electron chi connectivity index (χ2n) is 6.17. The van der Waals surface area contributed by atoms with Crippen molar-refractivity contribution in [3.8, 4) is 16.9 Å². The number of aromatic nitrogens is 3. The van der Waals surface area contributed by atoms with E-state index in [9.17, 15) is 18.0 Å². The van der Waals surface area contributed by atoms with Gasteiger partial charge in [0.15, 0.2) is 6.61 Å². The first-order valence-corrected chi connectivity index (χ1v) is 8.65. The van der Waals surface area contributed by atoms with Gasteiger partial charge in [0.25, 0.3) is 5.91 Å². The Morgan fingerprint density at radius 3 is 2.52 bits per heavy atom. The lowest BCUT2D eigenvalue weighted by Crippen LogP contribution is -2.28. The first-order valence-electron chi connectivity index (χ1n) is 8.65. The maximum atomic E-state index is 12.7. The largest absolute Gasteiger partial charge is 0.483 e. The molecule has 0 aliphatic heterocycles. The van der Waals surface area contributed by atoms with Crippen molar-refractivity contribution < 1.29 is 22.7 Å². The van der Waals surface area contributed by atoms with E-state index in [0.717, 1.165) is 5.56 Å². The Morgan fingerprint density at radius 2 is 1.86 bits per heavy atom.